The Morgan fingerprint density at radius 3 is 2.08 bits per heavy atom. The van der Waals surface area contributed by atoms with E-state index in [4.69, 9.17) is 0 Å². The molecule has 0 atom stereocenters. The maximum Gasteiger partial charge on any atom is 0.225 e. The van der Waals surface area contributed by atoms with Crippen molar-refractivity contribution in [1.82, 2.24) is 9.80 Å². The van der Waals surface area contributed by atoms with Gasteiger partial charge in [-0.3, -0.25) is 4.79 Å². The second-order valence-corrected chi connectivity index (χ2v) is 8.84. The number of carbonyl (C=O) groups excluding carboxylic acids is 1. The average Bonchev–Trinajstić information content (AvgIpc) is 2.59. The molecular weight excluding hydrogens is 296 g/mol. The van der Waals surface area contributed by atoms with Crippen molar-refractivity contribution in [2.24, 2.45) is 23.7 Å². The number of rotatable bonds is 7. The predicted molar refractivity (Wildman–Crippen MR) is 102 cm³/mol. The molecule has 0 spiro atoms. The molecule has 0 aromatic rings. The standard InChI is InChI=1S/C21H40N2O/c1-17(2)20-10-13-22(14-11-20)12-6-5-7-19-8-15-23(16-9-19)21(24)18(3)4/h17-20H,5-16H2,1-4H3. The highest BCUT2D eigenvalue weighted by Gasteiger charge is 2.24. The first kappa shape index (κ1) is 19.8. The molecule has 1 amide bonds. The lowest BCUT2D eigenvalue weighted by atomic mass is 9.86. The van der Waals surface area contributed by atoms with E-state index in [9.17, 15) is 4.79 Å². The maximum absolute atomic E-state index is 12.0. The minimum atomic E-state index is 0.154. The minimum absolute atomic E-state index is 0.154. The van der Waals surface area contributed by atoms with Crippen LogP contribution < -0.4 is 0 Å². The molecule has 0 unspecified atom stereocenters. The molecule has 24 heavy (non-hydrogen) atoms. The number of nitrogens with zero attached hydrogens (tertiary/aromatic N) is 2. The van der Waals surface area contributed by atoms with Gasteiger partial charge in [-0.05, 0) is 69.5 Å². The van der Waals surface area contributed by atoms with Gasteiger partial charge in [0.25, 0.3) is 0 Å². The van der Waals surface area contributed by atoms with E-state index in [0.717, 1.165) is 30.8 Å². The fourth-order valence-corrected chi connectivity index (χ4v) is 4.42. The molecule has 0 aromatic carbocycles. The lowest BCUT2D eigenvalue weighted by Crippen LogP contribution is -2.40. The summed E-state index contributed by atoms with van der Waals surface area (Å²) in [5.41, 5.74) is 0. The van der Waals surface area contributed by atoms with Crippen LogP contribution in [0.1, 0.15) is 72.6 Å². The lowest BCUT2D eigenvalue weighted by Gasteiger charge is -2.34. The van der Waals surface area contributed by atoms with Crippen molar-refractivity contribution in [3.63, 3.8) is 0 Å². The molecule has 0 bridgehead atoms. The quantitative estimate of drug-likeness (QED) is 0.643. The van der Waals surface area contributed by atoms with Crippen LogP contribution in [0, 0.1) is 23.7 Å². The van der Waals surface area contributed by atoms with E-state index >= 15 is 0 Å². The third-order valence-corrected chi connectivity index (χ3v) is 6.33. The van der Waals surface area contributed by atoms with Gasteiger partial charge in [-0.1, -0.05) is 40.5 Å². The monoisotopic (exact) mass is 336 g/mol. The number of hydrogen-bond acceptors (Lipinski definition) is 2. The van der Waals surface area contributed by atoms with Crippen LogP contribution in [-0.2, 0) is 4.79 Å². The van der Waals surface area contributed by atoms with Crippen LogP contribution in [0.15, 0.2) is 0 Å². The zero-order valence-electron chi connectivity index (χ0n) is 16.6. The first-order chi connectivity index (χ1) is 11.5. The van der Waals surface area contributed by atoms with Crippen LogP contribution in [0.5, 0.6) is 0 Å². The van der Waals surface area contributed by atoms with Crippen LogP contribution >= 0.6 is 0 Å². The van der Waals surface area contributed by atoms with Gasteiger partial charge >= 0.3 is 0 Å². The highest BCUT2D eigenvalue weighted by molar-refractivity contribution is 5.78. The Bertz CT molecular complexity index is 364. The fourth-order valence-electron chi connectivity index (χ4n) is 4.42. The summed E-state index contributed by atoms with van der Waals surface area (Å²) in [7, 11) is 0. The van der Waals surface area contributed by atoms with Crippen LogP contribution in [0.3, 0.4) is 0 Å². The Hall–Kier alpha value is -0.570. The highest BCUT2D eigenvalue weighted by atomic mass is 16.2. The second-order valence-electron chi connectivity index (χ2n) is 8.84. The van der Waals surface area contributed by atoms with Gasteiger partial charge in [0.15, 0.2) is 0 Å². The molecule has 2 aliphatic rings. The molecule has 0 N–H and O–H groups in total. The van der Waals surface area contributed by atoms with Crippen molar-refractivity contribution in [3.05, 3.63) is 0 Å². The number of likely N-dealkylation sites (tertiary alicyclic amines) is 2. The van der Waals surface area contributed by atoms with Gasteiger partial charge in [-0.25, -0.2) is 0 Å². The van der Waals surface area contributed by atoms with E-state index in [1.54, 1.807) is 0 Å². The molecule has 3 heteroatoms. The minimum Gasteiger partial charge on any atom is -0.342 e. The van der Waals surface area contributed by atoms with Crippen LogP contribution in [0.25, 0.3) is 0 Å². The fraction of sp³-hybridized carbons (Fsp3) is 0.952. The van der Waals surface area contributed by atoms with Crippen molar-refractivity contribution >= 4 is 5.91 Å². The third kappa shape index (κ3) is 6.06. The summed E-state index contributed by atoms with van der Waals surface area (Å²) in [5, 5.41) is 0. The van der Waals surface area contributed by atoms with Gasteiger partial charge < -0.3 is 9.80 Å². The summed E-state index contributed by atoms with van der Waals surface area (Å²) in [5.74, 6) is 3.17. The SMILES string of the molecule is CC(C)C(=O)N1CCC(CCCCN2CCC(C(C)C)CC2)CC1. The van der Waals surface area contributed by atoms with E-state index in [1.165, 1.54) is 64.6 Å². The normalized spacial score (nSPS) is 21.8. The Morgan fingerprint density at radius 1 is 0.917 bits per heavy atom. The average molecular weight is 337 g/mol. The predicted octanol–water partition coefficient (Wildman–Crippen LogP) is 4.42. The number of unbranched alkanes of at least 4 members (excludes halogenated alkanes) is 1. The van der Waals surface area contributed by atoms with E-state index in [1.807, 2.05) is 13.8 Å². The topological polar surface area (TPSA) is 23.6 Å². The molecule has 0 aliphatic carbocycles. The van der Waals surface area contributed by atoms with Gasteiger partial charge in [0.05, 0.1) is 0 Å². The van der Waals surface area contributed by atoms with Crippen molar-refractivity contribution in [2.45, 2.75) is 72.6 Å². The number of piperidine rings is 2. The molecule has 2 saturated heterocycles. The largest absolute Gasteiger partial charge is 0.342 e. The summed E-state index contributed by atoms with van der Waals surface area (Å²) in [6.45, 7) is 14.7. The van der Waals surface area contributed by atoms with Gasteiger partial charge in [-0.2, -0.15) is 0 Å². The molecule has 0 aromatic heterocycles. The van der Waals surface area contributed by atoms with Gasteiger partial charge in [0, 0.05) is 19.0 Å². The first-order valence-electron chi connectivity index (χ1n) is 10.5. The molecule has 2 heterocycles. The molecule has 2 aliphatic heterocycles. The maximum atomic E-state index is 12.0. The van der Waals surface area contributed by atoms with E-state index in [0.29, 0.717) is 5.91 Å². The molecule has 3 nitrogen and oxygen atoms in total. The highest BCUT2D eigenvalue weighted by Crippen LogP contribution is 2.26. The zero-order valence-corrected chi connectivity index (χ0v) is 16.6. The Morgan fingerprint density at radius 2 is 1.54 bits per heavy atom. The van der Waals surface area contributed by atoms with Gasteiger partial charge in [0.1, 0.15) is 0 Å². The summed E-state index contributed by atoms with van der Waals surface area (Å²) in [4.78, 5) is 16.8. The molecular formula is C21H40N2O. The molecule has 0 saturated carbocycles. The lowest BCUT2D eigenvalue weighted by molar-refractivity contribution is -0.135. The summed E-state index contributed by atoms with van der Waals surface area (Å²) < 4.78 is 0. The molecule has 140 valence electrons. The summed E-state index contributed by atoms with van der Waals surface area (Å²) in [6, 6.07) is 0. The van der Waals surface area contributed by atoms with Crippen molar-refractivity contribution in [2.75, 3.05) is 32.7 Å². The molecule has 2 fully saturated rings. The van der Waals surface area contributed by atoms with E-state index in [-0.39, 0.29) is 5.92 Å². The molecule has 2 rings (SSSR count). The Labute approximate surface area is 150 Å². The zero-order chi connectivity index (χ0) is 17.5. The number of carbonyl (C=O) groups is 1. The van der Waals surface area contributed by atoms with Gasteiger partial charge in [-0.15, -0.1) is 0 Å². The smallest absolute Gasteiger partial charge is 0.225 e. The number of hydrogen-bond donors (Lipinski definition) is 0. The second kappa shape index (κ2) is 9.79. The summed E-state index contributed by atoms with van der Waals surface area (Å²) in [6.07, 6.45) is 9.34. The van der Waals surface area contributed by atoms with E-state index < -0.39 is 0 Å². The van der Waals surface area contributed by atoms with Crippen molar-refractivity contribution < 1.29 is 4.79 Å². The van der Waals surface area contributed by atoms with Crippen molar-refractivity contribution in [1.29, 1.82) is 0 Å². The summed E-state index contributed by atoms with van der Waals surface area (Å²) >= 11 is 0. The molecule has 0 radical (unpaired) electrons. The Kier molecular flexibility index (Phi) is 8.06. The van der Waals surface area contributed by atoms with Crippen LogP contribution in [0.4, 0.5) is 0 Å². The number of amides is 1. The Balaban J connectivity index is 1.52. The third-order valence-electron chi connectivity index (χ3n) is 6.33. The van der Waals surface area contributed by atoms with Crippen LogP contribution in [-0.4, -0.2) is 48.4 Å². The van der Waals surface area contributed by atoms with E-state index in [2.05, 4.69) is 23.6 Å². The van der Waals surface area contributed by atoms with Crippen LogP contribution in [0.2, 0.25) is 0 Å². The van der Waals surface area contributed by atoms with Gasteiger partial charge in [0.2, 0.25) is 5.91 Å². The first-order valence-corrected chi connectivity index (χ1v) is 10.5. The van der Waals surface area contributed by atoms with Crippen molar-refractivity contribution in [3.8, 4) is 0 Å².